The number of nitrogens with zero attached hydrogens (tertiary/aromatic N) is 5. The van der Waals surface area contributed by atoms with E-state index in [0.29, 0.717) is 12.8 Å². The van der Waals surface area contributed by atoms with Gasteiger partial charge in [0, 0.05) is 35.6 Å². The molecule has 5 aromatic rings. The molecule has 0 radical (unpaired) electrons. The Bertz CT molecular complexity index is 1400. The van der Waals surface area contributed by atoms with Gasteiger partial charge in [0.1, 0.15) is 6.61 Å². The summed E-state index contributed by atoms with van der Waals surface area (Å²) in [5, 5.41) is 9.92. The van der Waals surface area contributed by atoms with Crippen molar-refractivity contribution in [2.45, 2.75) is 33.3 Å². The summed E-state index contributed by atoms with van der Waals surface area (Å²) in [7, 11) is 0. The molecule has 0 aliphatic rings. The summed E-state index contributed by atoms with van der Waals surface area (Å²) >= 11 is 0. The topological polar surface area (TPSA) is 74.3 Å². The first-order valence-electron chi connectivity index (χ1n) is 10.6. The van der Waals surface area contributed by atoms with Gasteiger partial charge in [0.25, 0.3) is 0 Å². The van der Waals surface area contributed by atoms with Crippen LogP contribution in [0.3, 0.4) is 0 Å². The summed E-state index contributed by atoms with van der Waals surface area (Å²) in [6, 6.07) is 17.7. The molecule has 0 N–H and O–H groups in total. The van der Waals surface area contributed by atoms with Gasteiger partial charge in [-0.15, -0.1) is 0 Å². The molecule has 0 aliphatic carbocycles. The van der Waals surface area contributed by atoms with Gasteiger partial charge in [-0.1, -0.05) is 24.3 Å². The van der Waals surface area contributed by atoms with Gasteiger partial charge < -0.3 is 4.74 Å². The molecular weight excluding hydrogens is 402 g/mol. The van der Waals surface area contributed by atoms with Crippen molar-refractivity contribution in [1.29, 1.82) is 0 Å². The first kappa shape index (κ1) is 19.9. The summed E-state index contributed by atoms with van der Waals surface area (Å²) in [5.41, 5.74) is 6.62. The number of rotatable bonds is 6. The maximum atomic E-state index is 12.4. The van der Waals surface area contributed by atoms with Crippen molar-refractivity contribution >= 4 is 22.5 Å². The third-order valence-electron chi connectivity index (χ3n) is 5.70. The number of ether oxygens (including phenoxy) is 1. The molecule has 2 aromatic carbocycles. The summed E-state index contributed by atoms with van der Waals surface area (Å²) < 4.78 is 9.15. The Kier molecular flexibility index (Phi) is 5.15. The van der Waals surface area contributed by atoms with E-state index in [-0.39, 0.29) is 12.6 Å². The molecule has 5 rings (SSSR count). The lowest BCUT2D eigenvalue weighted by atomic mass is 10.1. The number of fused-ring (bicyclic) bond motifs is 3. The average molecular weight is 425 g/mol. The zero-order valence-corrected chi connectivity index (χ0v) is 18.0. The second kappa shape index (κ2) is 8.26. The van der Waals surface area contributed by atoms with Crippen LogP contribution in [0.15, 0.2) is 67.0 Å². The second-order valence-corrected chi connectivity index (χ2v) is 7.79. The van der Waals surface area contributed by atoms with Crippen LogP contribution in [0.2, 0.25) is 0 Å². The minimum absolute atomic E-state index is 0.231. The van der Waals surface area contributed by atoms with Crippen molar-refractivity contribution in [2.75, 3.05) is 0 Å². The number of carbonyl (C=O) groups is 1. The second-order valence-electron chi connectivity index (χ2n) is 7.79. The van der Waals surface area contributed by atoms with E-state index < -0.39 is 0 Å². The van der Waals surface area contributed by atoms with Crippen molar-refractivity contribution in [3.05, 3.63) is 89.5 Å². The van der Waals surface area contributed by atoms with Crippen molar-refractivity contribution in [3.63, 3.8) is 0 Å². The molecule has 0 fully saturated rings. The molecular formula is C25H23N5O2. The van der Waals surface area contributed by atoms with Gasteiger partial charge in [-0.2, -0.15) is 10.2 Å². The summed E-state index contributed by atoms with van der Waals surface area (Å²) in [4.78, 5) is 17.2. The number of carbonyl (C=O) groups excluding carboxylic acids is 1. The molecule has 32 heavy (non-hydrogen) atoms. The Morgan fingerprint density at radius 1 is 1.03 bits per heavy atom. The fraction of sp³-hybridized carbons (Fsp3) is 0.200. The number of aromatic nitrogens is 5. The normalized spacial score (nSPS) is 11.3. The summed E-state index contributed by atoms with van der Waals surface area (Å²) in [6.45, 7) is 4.25. The van der Waals surface area contributed by atoms with Gasteiger partial charge in [-0.3, -0.25) is 4.79 Å². The van der Waals surface area contributed by atoms with E-state index in [9.17, 15) is 4.79 Å². The molecule has 0 spiro atoms. The Morgan fingerprint density at radius 2 is 1.84 bits per heavy atom. The highest BCUT2D eigenvalue weighted by atomic mass is 16.5. The van der Waals surface area contributed by atoms with E-state index in [1.165, 1.54) is 0 Å². The Balaban J connectivity index is 1.24. The van der Waals surface area contributed by atoms with Gasteiger partial charge in [-0.05, 0) is 61.7 Å². The van der Waals surface area contributed by atoms with Crippen LogP contribution in [0.5, 0.6) is 0 Å². The predicted octanol–water partition coefficient (Wildman–Crippen LogP) is 4.36. The van der Waals surface area contributed by atoms with Crippen LogP contribution in [0.25, 0.3) is 22.2 Å². The van der Waals surface area contributed by atoms with Crippen molar-refractivity contribution in [2.24, 2.45) is 0 Å². The Hall–Kier alpha value is -4.00. The van der Waals surface area contributed by atoms with Gasteiger partial charge in [0.15, 0.2) is 5.65 Å². The lowest BCUT2D eigenvalue weighted by molar-refractivity contribution is -0.144. The highest BCUT2D eigenvalue weighted by molar-refractivity contribution is 5.92. The standard InChI is InChI=1S/C25H23N5O2/c1-17-21(18(2)30-25(27-17)22-6-3-4-7-23(22)28-30)12-13-24(31)32-16-19-8-10-20(11-9-19)29-15-5-14-26-29/h3-11,14-15H,12-13,16H2,1-2H3. The van der Waals surface area contributed by atoms with Crippen LogP contribution < -0.4 is 0 Å². The van der Waals surface area contributed by atoms with Crippen LogP contribution in [-0.4, -0.2) is 30.3 Å². The average Bonchev–Trinajstić information content (AvgIpc) is 3.47. The molecule has 0 saturated carbocycles. The number of benzene rings is 2. The third kappa shape index (κ3) is 3.73. The molecule has 0 bridgehead atoms. The molecule has 0 unspecified atom stereocenters. The Labute approximate surface area is 185 Å². The fourth-order valence-electron chi connectivity index (χ4n) is 3.97. The maximum Gasteiger partial charge on any atom is 0.306 e. The van der Waals surface area contributed by atoms with E-state index in [4.69, 9.17) is 9.72 Å². The molecule has 160 valence electrons. The van der Waals surface area contributed by atoms with Crippen molar-refractivity contribution in [1.82, 2.24) is 24.4 Å². The molecule has 3 heterocycles. The van der Waals surface area contributed by atoms with Crippen LogP contribution in [0.1, 0.15) is 28.9 Å². The van der Waals surface area contributed by atoms with Crippen molar-refractivity contribution in [3.8, 4) is 5.69 Å². The van der Waals surface area contributed by atoms with Gasteiger partial charge in [0.2, 0.25) is 0 Å². The minimum Gasteiger partial charge on any atom is -0.461 e. The molecule has 0 amide bonds. The van der Waals surface area contributed by atoms with E-state index in [1.807, 2.05) is 79.2 Å². The predicted molar refractivity (Wildman–Crippen MR) is 122 cm³/mol. The van der Waals surface area contributed by atoms with E-state index in [2.05, 4.69) is 10.2 Å². The van der Waals surface area contributed by atoms with Crippen molar-refractivity contribution < 1.29 is 9.53 Å². The lowest BCUT2D eigenvalue weighted by Gasteiger charge is -2.11. The molecule has 0 atom stereocenters. The quantitative estimate of drug-likeness (QED) is 0.378. The minimum atomic E-state index is -0.231. The number of hydrogen-bond donors (Lipinski definition) is 0. The molecule has 3 aromatic heterocycles. The van der Waals surface area contributed by atoms with E-state index >= 15 is 0 Å². The van der Waals surface area contributed by atoms with Crippen LogP contribution in [0.4, 0.5) is 0 Å². The Morgan fingerprint density at radius 3 is 2.62 bits per heavy atom. The number of hydrogen-bond acceptors (Lipinski definition) is 5. The summed E-state index contributed by atoms with van der Waals surface area (Å²) in [6.07, 6.45) is 4.48. The molecule has 7 heteroatoms. The fourth-order valence-corrected chi connectivity index (χ4v) is 3.97. The first-order valence-corrected chi connectivity index (χ1v) is 10.6. The van der Waals surface area contributed by atoms with Crippen LogP contribution >= 0.6 is 0 Å². The third-order valence-corrected chi connectivity index (χ3v) is 5.70. The molecule has 0 saturated heterocycles. The highest BCUT2D eigenvalue weighted by Gasteiger charge is 2.15. The number of esters is 1. The van der Waals surface area contributed by atoms with Gasteiger partial charge >= 0.3 is 5.97 Å². The van der Waals surface area contributed by atoms with E-state index in [0.717, 1.165) is 44.8 Å². The highest BCUT2D eigenvalue weighted by Crippen LogP contribution is 2.23. The SMILES string of the molecule is Cc1nc2c3ccccc3nn2c(C)c1CCC(=O)OCc1ccc(-n2cccn2)cc1. The zero-order chi connectivity index (χ0) is 22.1. The van der Waals surface area contributed by atoms with E-state index in [1.54, 1.807) is 10.9 Å². The first-order chi connectivity index (χ1) is 15.6. The van der Waals surface area contributed by atoms with Crippen LogP contribution in [-0.2, 0) is 22.6 Å². The van der Waals surface area contributed by atoms with Gasteiger partial charge in [0.05, 0.1) is 11.2 Å². The lowest BCUT2D eigenvalue weighted by Crippen LogP contribution is -2.10. The smallest absolute Gasteiger partial charge is 0.306 e. The van der Waals surface area contributed by atoms with Crippen LogP contribution in [0, 0.1) is 13.8 Å². The molecule has 0 aliphatic heterocycles. The monoisotopic (exact) mass is 425 g/mol. The maximum absolute atomic E-state index is 12.4. The largest absolute Gasteiger partial charge is 0.461 e. The summed E-state index contributed by atoms with van der Waals surface area (Å²) in [5.74, 6) is -0.231. The van der Waals surface area contributed by atoms with Gasteiger partial charge in [-0.25, -0.2) is 14.2 Å². The number of aryl methyl sites for hydroxylation is 2. The molecule has 7 nitrogen and oxygen atoms in total. The zero-order valence-electron chi connectivity index (χ0n) is 18.0.